The number of nitrogens with zero attached hydrogens (tertiary/aromatic N) is 3. The maximum absolute atomic E-state index is 15.4. The Morgan fingerprint density at radius 1 is 1.08 bits per heavy atom. The highest BCUT2D eigenvalue weighted by Gasteiger charge is 2.57. The van der Waals surface area contributed by atoms with Gasteiger partial charge in [-0.25, -0.2) is 0 Å². The van der Waals surface area contributed by atoms with Crippen LogP contribution >= 0.6 is 22.9 Å². The number of carboxylic acids is 1. The van der Waals surface area contributed by atoms with Gasteiger partial charge >= 0.3 is 18.3 Å². The molecule has 0 bridgehead atoms. The fraction of sp³-hybridized carbons (Fsp3) is 0.500. The summed E-state index contributed by atoms with van der Waals surface area (Å²) in [5, 5.41) is 11.7. The topological polar surface area (TPSA) is 100 Å². The molecular weight excluding hydrogens is 736 g/mol. The number of benzene rings is 1. The van der Waals surface area contributed by atoms with Crippen LogP contribution in [0.25, 0.3) is 0 Å². The van der Waals surface area contributed by atoms with E-state index in [0.29, 0.717) is 34.8 Å². The lowest BCUT2D eigenvalue weighted by Gasteiger charge is -2.51. The number of carbonyl (C=O) groups excluding carboxylic acids is 2. The quantitative estimate of drug-likeness (QED) is 0.207. The molecule has 16 heteroatoms. The summed E-state index contributed by atoms with van der Waals surface area (Å²) in [4.78, 5) is 47.4. The maximum atomic E-state index is 15.4. The first-order chi connectivity index (χ1) is 24.4. The number of carbonyl (C=O) groups is 3. The zero-order chi connectivity index (χ0) is 38.2. The molecule has 1 fully saturated rings. The Labute approximate surface area is 305 Å². The van der Waals surface area contributed by atoms with Gasteiger partial charge in [0.1, 0.15) is 16.3 Å². The number of hydrogen-bond donors (Lipinski definition) is 1. The lowest BCUT2D eigenvalue weighted by molar-refractivity contribution is -0.164. The minimum atomic E-state index is -4.93. The summed E-state index contributed by atoms with van der Waals surface area (Å²) < 4.78 is 90.0. The van der Waals surface area contributed by atoms with Crippen molar-refractivity contribution in [1.29, 1.82) is 0 Å². The van der Waals surface area contributed by atoms with E-state index in [1.165, 1.54) is 4.90 Å². The minimum Gasteiger partial charge on any atom is -0.481 e. The molecule has 0 aliphatic carbocycles. The first-order valence-electron chi connectivity index (χ1n) is 16.9. The fourth-order valence-corrected chi connectivity index (χ4v) is 8.27. The first-order valence-corrected chi connectivity index (χ1v) is 18.1. The number of thiophene rings is 1. The number of amides is 2. The number of rotatable bonds is 10. The Morgan fingerprint density at radius 2 is 1.81 bits per heavy atom. The average molecular weight is 774 g/mol. The minimum absolute atomic E-state index is 0.0237. The van der Waals surface area contributed by atoms with Crippen LogP contribution in [0.1, 0.15) is 91.0 Å². The fourth-order valence-electron chi connectivity index (χ4n) is 7.40. The molecule has 282 valence electrons. The molecule has 52 heavy (non-hydrogen) atoms. The number of piperidine rings is 1. The molecule has 2 amide bonds. The second-order valence-corrected chi connectivity index (χ2v) is 14.8. The monoisotopic (exact) mass is 773 g/mol. The highest BCUT2D eigenvalue weighted by atomic mass is 35.5. The van der Waals surface area contributed by atoms with Crippen molar-refractivity contribution in [3.63, 3.8) is 0 Å². The van der Waals surface area contributed by atoms with Crippen LogP contribution in [0.5, 0.6) is 5.75 Å². The van der Waals surface area contributed by atoms with Crippen LogP contribution in [0.2, 0.25) is 5.02 Å². The van der Waals surface area contributed by atoms with Gasteiger partial charge in [0.05, 0.1) is 23.6 Å². The third-order valence-electron chi connectivity index (χ3n) is 9.84. The number of pyridine rings is 1. The highest BCUT2D eigenvalue weighted by Crippen LogP contribution is 2.45. The lowest BCUT2D eigenvalue weighted by atomic mass is 9.77. The number of alkyl halides is 6. The van der Waals surface area contributed by atoms with Crippen LogP contribution in [-0.4, -0.2) is 62.4 Å². The van der Waals surface area contributed by atoms with E-state index < -0.39 is 69.9 Å². The normalized spacial score (nSPS) is 21.5. The van der Waals surface area contributed by atoms with Crippen molar-refractivity contribution in [2.24, 2.45) is 11.8 Å². The molecule has 0 spiro atoms. The number of carboxylic acid groups (broad SMARTS) is 1. The Bertz CT molecular complexity index is 1800. The van der Waals surface area contributed by atoms with Crippen LogP contribution < -0.4 is 4.74 Å². The van der Waals surface area contributed by atoms with E-state index in [2.05, 4.69) is 4.98 Å². The van der Waals surface area contributed by atoms with Crippen molar-refractivity contribution in [2.45, 2.75) is 89.3 Å². The third kappa shape index (κ3) is 7.90. The molecule has 4 atom stereocenters. The van der Waals surface area contributed by atoms with Crippen LogP contribution in [0, 0.1) is 11.8 Å². The molecule has 2 aliphatic rings. The Kier molecular flexibility index (Phi) is 11.5. The molecule has 8 nitrogen and oxygen atoms in total. The van der Waals surface area contributed by atoms with Gasteiger partial charge in [-0.1, -0.05) is 44.9 Å². The number of halogens is 7. The summed E-state index contributed by atoms with van der Waals surface area (Å²) in [6.45, 7) is 5.20. The van der Waals surface area contributed by atoms with E-state index in [-0.39, 0.29) is 50.4 Å². The van der Waals surface area contributed by atoms with Gasteiger partial charge in [-0.3, -0.25) is 19.4 Å². The highest BCUT2D eigenvalue weighted by molar-refractivity contribution is 7.10. The summed E-state index contributed by atoms with van der Waals surface area (Å²) in [6, 6.07) is 5.52. The predicted octanol–water partition coefficient (Wildman–Crippen LogP) is 8.93. The summed E-state index contributed by atoms with van der Waals surface area (Å²) >= 11 is 6.65. The van der Waals surface area contributed by atoms with Crippen molar-refractivity contribution < 1.29 is 50.6 Å². The van der Waals surface area contributed by atoms with Crippen molar-refractivity contribution in [3.8, 4) is 5.75 Å². The number of aromatic nitrogens is 1. The number of fused-ring (bicyclic) bond motifs is 1. The van der Waals surface area contributed by atoms with E-state index in [1.54, 1.807) is 39.0 Å². The van der Waals surface area contributed by atoms with Crippen molar-refractivity contribution in [2.75, 3.05) is 13.1 Å². The lowest BCUT2D eigenvalue weighted by Crippen LogP contribution is -2.68. The summed E-state index contributed by atoms with van der Waals surface area (Å²) in [7, 11) is 0. The predicted molar refractivity (Wildman–Crippen MR) is 181 cm³/mol. The smallest absolute Gasteiger partial charge is 0.425 e. The van der Waals surface area contributed by atoms with Crippen molar-refractivity contribution >= 4 is 40.7 Å². The second kappa shape index (κ2) is 15.2. The van der Waals surface area contributed by atoms with Gasteiger partial charge in [0, 0.05) is 42.2 Å². The van der Waals surface area contributed by atoms with Crippen molar-refractivity contribution in [3.05, 3.63) is 80.3 Å². The zero-order valence-corrected chi connectivity index (χ0v) is 30.1. The van der Waals surface area contributed by atoms with Gasteiger partial charge in [0.2, 0.25) is 5.60 Å². The molecule has 5 rings (SSSR count). The van der Waals surface area contributed by atoms with Crippen LogP contribution in [0.3, 0.4) is 0 Å². The standard InChI is InChI=1S/C36H38ClF6N3O5S/c1-4-7-28-34(51-23-17-29(52-19-23)36(41,42)43,12-6-14-46(28)31(47)30-26(35(38,39)40)8-5-13-44-30)33(50)45-15-11-21-16-22(37)9-10-24(21)27(45)18-25(20(2)3)32(48)49/h5,8-10,13,16-17,19-20,25,27-28H,4,6-7,11-12,14-15,18H2,1-3H3,(H,48,49)/t25?,27?,28-,34+/m1/s1. The van der Waals surface area contributed by atoms with E-state index in [9.17, 15) is 41.0 Å². The van der Waals surface area contributed by atoms with Gasteiger partial charge in [-0.2, -0.15) is 26.3 Å². The maximum Gasteiger partial charge on any atom is 0.425 e. The summed E-state index contributed by atoms with van der Waals surface area (Å²) in [6.07, 6.45) is -8.01. The average Bonchev–Trinajstić information content (AvgIpc) is 3.55. The molecule has 0 saturated carbocycles. The first kappa shape index (κ1) is 39.4. The molecular formula is C36H38ClF6N3O5S. The molecule has 2 aliphatic heterocycles. The Morgan fingerprint density at radius 3 is 2.42 bits per heavy atom. The largest absolute Gasteiger partial charge is 0.481 e. The molecule has 1 saturated heterocycles. The Balaban J connectivity index is 1.68. The number of ether oxygens (including phenoxy) is 1. The Hall–Kier alpha value is -3.85. The molecule has 0 radical (unpaired) electrons. The van der Waals surface area contributed by atoms with E-state index in [1.807, 2.05) is 0 Å². The van der Waals surface area contributed by atoms with Crippen molar-refractivity contribution in [1.82, 2.24) is 14.8 Å². The molecule has 2 aromatic heterocycles. The van der Waals surface area contributed by atoms with Crippen LogP contribution in [-0.2, 0) is 28.4 Å². The van der Waals surface area contributed by atoms with Crippen LogP contribution in [0.4, 0.5) is 26.3 Å². The number of likely N-dealkylation sites (tertiary alicyclic amines) is 1. The van der Waals surface area contributed by atoms with E-state index >= 15 is 4.79 Å². The van der Waals surface area contributed by atoms with Gasteiger partial charge < -0.3 is 19.6 Å². The number of aliphatic carboxylic acids is 1. The molecule has 2 unspecified atom stereocenters. The third-order valence-corrected chi connectivity index (χ3v) is 11.0. The van der Waals surface area contributed by atoms with Gasteiger partial charge in [0.25, 0.3) is 11.8 Å². The number of hydrogen-bond acceptors (Lipinski definition) is 6. The SMILES string of the molecule is CCC[C@H]1N(C(=O)c2ncccc2C(F)(F)F)CCC[C@@]1(Oc1csc(C(F)(F)F)c1)C(=O)N1CCc2cc(Cl)ccc2C1CC(C(=O)O)C(C)C. The van der Waals surface area contributed by atoms with Gasteiger partial charge in [0.15, 0.2) is 0 Å². The van der Waals surface area contributed by atoms with Crippen LogP contribution in [0.15, 0.2) is 48.0 Å². The van der Waals surface area contributed by atoms with Gasteiger partial charge in [-0.15, -0.1) is 11.3 Å². The second-order valence-electron chi connectivity index (χ2n) is 13.5. The van der Waals surface area contributed by atoms with E-state index in [0.717, 1.165) is 40.2 Å². The van der Waals surface area contributed by atoms with Gasteiger partial charge in [-0.05, 0) is 67.0 Å². The summed E-state index contributed by atoms with van der Waals surface area (Å²) in [5.74, 6) is -4.44. The van der Waals surface area contributed by atoms with E-state index in [4.69, 9.17) is 16.3 Å². The molecule has 3 aromatic rings. The molecule has 1 N–H and O–H groups in total. The molecule has 1 aromatic carbocycles. The molecule has 4 heterocycles. The summed E-state index contributed by atoms with van der Waals surface area (Å²) in [5.41, 5.74) is -2.79. The zero-order valence-electron chi connectivity index (χ0n) is 28.6.